The van der Waals surface area contributed by atoms with Crippen LogP contribution >= 0.6 is 0 Å². The first-order chi connectivity index (χ1) is 30.7. The van der Waals surface area contributed by atoms with Gasteiger partial charge in [0.25, 0.3) is 0 Å². The molecule has 12 aromatic rings. The zero-order valence-corrected chi connectivity index (χ0v) is 33.6. The van der Waals surface area contributed by atoms with Gasteiger partial charge in [-0.1, -0.05) is 170 Å². The molecule has 0 aliphatic rings. The fraction of sp³-hybridized carbons (Fsp3) is 0. The van der Waals surface area contributed by atoms with Crippen molar-refractivity contribution in [1.82, 2.24) is 24.1 Å². The van der Waals surface area contributed by atoms with Crippen molar-refractivity contribution in [1.29, 1.82) is 0 Å². The third-order valence-corrected chi connectivity index (χ3v) is 11.9. The molecule has 5 nitrogen and oxygen atoms in total. The Balaban J connectivity index is 1.10. The first-order valence-corrected chi connectivity index (χ1v) is 20.9. The van der Waals surface area contributed by atoms with Gasteiger partial charge in [-0.2, -0.15) is 0 Å². The number of hydrogen-bond acceptors (Lipinski definition) is 3. The van der Waals surface area contributed by atoms with E-state index in [0.29, 0.717) is 17.5 Å². The molecule has 62 heavy (non-hydrogen) atoms. The number of fused-ring (bicyclic) bond motifs is 6. The lowest BCUT2D eigenvalue weighted by atomic mass is 9.98. The molecule has 0 saturated carbocycles. The fourth-order valence-electron chi connectivity index (χ4n) is 9.14. The van der Waals surface area contributed by atoms with E-state index in [1.165, 1.54) is 38.1 Å². The number of rotatable bonds is 7. The van der Waals surface area contributed by atoms with Crippen LogP contribution in [-0.2, 0) is 0 Å². The van der Waals surface area contributed by atoms with Crippen molar-refractivity contribution in [3.63, 3.8) is 0 Å². The van der Waals surface area contributed by atoms with Crippen molar-refractivity contribution in [2.24, 2.45) is 0 Å². The monoisotopic (exact) mass is 791 g/mol. The van der Waals surface area contributed by atoms with E-state index in [0.717, 1.165) is 55.8 Å². The summed E-state index contributed by atoms with van der Waals surface area (Å²) >= 11 is 0. The summed E-state index contributed by atoms with van der Waals surface area (Å²) < 4.78 is 4.79. The molecule has 0 bridgehead atoms. The second kappa shape index (κ2) is 14.7. The normalized spacial score (nSPS) is 11.5. The Bertz CT molecular complexity index is 3550. The summed E-state index contributed by atoms with van der Waals surface area (Å²) in [4.78, 5) is 15.3. The Labute approximate surface area is 358 Å². The van der Waals surface area contributed by atoms with E-state index in [-0.39, 0.29) is 0 Å². The van der Waals surface area contributed by atoms with Crippen molar-refractivity contribution in [2.75, 3.05) is 0 Å². The van der Waals surface area contributed by atoms with Gasteiger partial charge in [0, 0.05) is 49.6 Å². The molecule has 3 aromatic heterocycles. The maximum atomic E-state index is 5.17. The third-order valence-electron chi connectivity index (χ3n) is 11.9. The molecule has 5 heteroatoms. The molecule has 3 heterocycles. The molecule has 12 rings (SSSR count). The van der Waals surface area contributed by atoms with Gasteiger partial charge in [-0.3, -0.25) is 0 Å². The van der Waals surface area contributed by atoms with E-state index in [2.05, 4.69) is 197 Å². The van der Waals surface area contributed by atoms with Crippen LogP contribution in [0.2, 0.25) is 0 Å². The minimum Gasteiger partial charge on any atom is -0.309 e. The van der Waals surface area contributed by atoms with Crippen molar-refractivity contribution in [2.45, 2.75) is 0 Å². The predicted octanol–water partition coefficient (Wildman–Crippen LogP) is 14.4. The topological polar surface area (TPSA) is 48.5 Å². The van der Waals surface area contributed by atoms with Gasteiger partial charge in [-0.15, -0.1) is 0 Å². The molecule has 9 aromatic carbocycles. The summed E-state index contributed by atoms with van der Waals surface area (Å²) in [6, 6.07) is 79.4. The Morgan fingerprint density at radius 1 is 0.258 bits per heavy atom. The predicted molar refractivity (Wildman–Crippen MR) is 256 cm³/mol. The Morgan fingerprint density at radius 3 is 1.40 bits per heavy atom. The van der Waals surface area contributed by atoms with Gasteiger partial charge in [0.15, 0.2) is 17.5 Å². The highest BCUT2D eigenvalue weighted by atomic mass is 15.0. The van der Waals surface area contributed by atoms with Gasteiger partial charge in [0.1, 0.15) is 0 Å². The second-order valence-electron chi connectivity index (χ2n) is 15.6. The summed E-state index contributed by atoms with van der Waals surface area (Å²) in [5, 5.41) is 4.87. The number of nitrogens with zero attached hydrogens (tertiary/aromatic N) is 5. The molecular weight excluding hydrogens is 755 g/mol. The van der Waals surface area contributed by atoms with Gasteiger partial charge in [0.2, 0.25) is 0 Å². The maximum absolute atomic E-state index is 5.17. The summed E-state index contributed by atoms with van der Waals surface area (Å²) in [5.41, 5.74) is 14.1. The number of hydrogen-bond donors (Lipinski definition) is 0. The molecule has 0 aliphatic carbocycles. The van der Waals surface area contributed by atoms with Crippen LogP contribution in [0.5, 0.6) is 0 Å². The molecule has 0 spiro atoms. The standard InChI is InChI=1S/C57H37N5/c1-5-18-38(19-6-1)42-34-43(57-59-55(39-20-7-2-8-21-39)58-56(60-57)40-22-9-3-10-23-40)36-45(35-42)62-51-30-16-14-27-49(51)54-46(28-17-31-52(54)62)41-32-33-48-47-26-13-15-29-50(47)61(53(48)37-41)44-24-11-4-12-25-44/h1-37H. The smallest absolute Gasteiger partial charge is 0.164 e. The summed E-state index contributed by atoms with van der Waals surface area (Å²) in [7, 11) is 0. The summed E-state index contributed by atoms with van der Waals surface area (Å²) in [6.07, 6.45) is 0. The summed E-state index contributed by atoms with van der Waals surface area (Å²) in [6.45, 7) is 0. The molecule has 290 valence electrons. The van der Waals surface area contributed by atoms with Gasteiger partial charge >= 0.3 is 0 Å². The van der Waals surface area contributed by atoms with Crippen molar-refractivity contribution < 1.29 is 0 Å². The van der Waals surface area contributed by atoms with Crippen LogP contribution in [0.4, 0.5) is 0 Å². The average Bonchev–Trinajstić information content (AvgIpc) is 3.87. The lowest BCUT2D eigenvalue weighted by Crippen LogP contribution is -2.01. The molecule has 0 unspecified atom stereocenters. The van der Waals surface area contributed by atoms with Gasteiger partial charge in [-0.05, 0) is 76.9 Å². The molecule has 0 aliphatic heterocycles. The van der Waals surface area contributed by atoms with Crippen LogP contribution in [0.25, 0.3) is 111 Å². The Morgan fingerprint density at radius 2 is 0.742 bits per heavy atom. The van der Waals surface area contributed by atoms with Gasteiger partial charge in [-0.25, -0.2) is 15.0 Å². The van der Waals surface area contributed by atoms with E-state index in [9.17, 15) is 0 Å². The van der Waals surface area contributed by atoms with Gasteiger partial charge < -0.3 is 9.13 Å². The van der Waals surface area contributed by atoms with E-state index in [1.807, 2.05) is 36.4 Å². The molecule has 0 atom stereocenters. The highest BCUT2D eigenvalue weighted by molar-refractivity contribution is 6.17. The van der Waals surface area contributed by atoms with Crippen LogP contribution in [0.3, 0.4) is 0 Å². The molecule has 0 amide bonds. The minimum absolute atomic E-state index is 0.611. The van der Waals surface area contributed by atoms with E-state index >= 15 is 0 Å². The number of benzene rings is 9. The van der Waals surface area contributed by atoms with Crippen LogP contribution < -0.4 is 0 Å². The van der Waals surface area contributed by atoms with Crippen molar-refractivity contribution in [3.8, 4) is 67.8 Å². The lowest BCUT2D eigenvalue weighted by Gasteiger charge is -2.15. The Kier molecular flexibility index (Phi) is 8.42. The fourth-order valence-corrected chi connectivity index (χ4v) is 9.14. The SMILES string of the molecule is c1ccc(-c2cc(-c3nc(-c4ccccc4)nc(-c4ccccc4)n3)cc(-n3c4ccccc4c4c(-c5ccc6c7ccccc7n(-c7ccccc7)c6c5)cccc43)c2)cc1. The maximum Gasteiger partial charge on any atom is 0.164 e. The van der Waals surface area contributed by atoms with Crippen molar-refractivity contribution >= 4 is 43.6 Å². The van der Waals surface area contributed by atoms with E-state index in [1.54, 1.807) is 0 Å². The molecule has 0 saturated heterocycles. The van der Waals surface area contributed by atoms with Crippen LogP contribution in [0, 0.1) is 0 Å². The quantitative estimate of drug-likeness (QED) is 0.162. The average molecular weight is 792 g/mol. The van der Waals surface area contributed by atoms with E-state index < -0.39 is 0 Å². The molecule has 0 radical (unpaired) electrons. The zero-order chi connectivity index (χ0) is 41.0. The first kappa shape index (κ1) is 35.5. The molecule has 0 N–H and O–H groups in total. The van der Waals surface area contributed by atoms with E-state index in [4.69, 9.17) is 15.0 Å². The van der Waals surface area contributed by atoms with Crippen LogP contribution in [-0.4, -0.2) is 24.1 Å². The highest BCUT2D eigenvalue weighted by Crippen LogP contribution is 2.42. The first-order valence-electron chi connectivity index (χ1n) is 20.9. The third kappa shape index (κ3) is 5.98. The molecular formula is C57H37N5. The van der Waals surface area contributed by atoms with Gasteiger partial charge in [0.05, 0.1) is 22.1 Å². The largest absolute Gasteiger partial charge is 0.309 e. The second-order valence-corrected chi connectivity index (χ2v) is 15.6. The number of aromatic nitrogens is 5. The highest BCUT2D eigenvalue weighted by Gasteiger charge is 2.20. The van der Waals surface area contributed by atoms with Crippen LogP contribution in [0.1, 0.15) is 0 Å². The molecule has 0 fully saturated rings. The lowest BCUT2D eigenvalue weighted by molar-refractivity contribution is 1.07. The number of para-hydroxylation sites is 3. The van der Waals surface area contributed by atoms with Crippen LogP contribution in [0.15, 0.2) is 224 Å². The summed E-state index contributed by atoms with van der Waals surface area (Å²) in [5.74, 6) is 1.87. The Hall–Kier alpha value is -8.41. The minimum atomic E-state index is 0.611. The zero-order valence-electron chi connectivity index (χ0n) is 33.6. The van der Waals surface area contributed by atoms with Crippen molar-refractivity contribution in [3.05, 3.63) is 224 Å².